The summed E-state index contributed by atoms with van der Waals surface area (Å²) >= 11 is 0. The number of Topliss-reactive ketones (excluding diaryl/α,β-unsaturated/α-hetero) is 1. The minimum Gasteiger partial charge on any atom is -0.381 e. The van der Waals surface area contributed by atoms with Crippen molar-refractivity contribution in [3.63, 3.8) is 0 Å². The molecule has 7 heteroatoms. The topological polar surface area (TPSA) is 110 Å². The summed E-state index contributed by atoms with van der Waals surface area (Å²) in [4.78, 5) is 36.1. The molecule has 0 unspecified atom stereocenters. The summed E-state index contributed by atoms with van der Waals surface area (Å²) in [5, 5.41) is 24.3. The lowest BCUT2D eigenvalue weighted by atomic mass is 9.55. The second-order valence-electron chi connectivity index (χ2n) is 9.63. The highest BCUT2D eigenvalue weighted by Crippen LogP contribution is 2.60. The number of hydrogen-bond acceptors (Lipinski definition) is 5. The predicted octanol–water partition coefficient (Wildman–Crippen LogP) is 3.73. The van der Waals surface area contributed by atoms with E-state index in [1.807, 2.05) is 6.07 Å². The summed E-state index contributed by atoms with van der Waals surface area (Å²) in [6.45, 7) is 4.80. The highest BCUT2D eigenvalue weighted by Gasteiger charge is 2.55. The molecule has 0 heterocycles. The number of hydrogen-bond donors (Lipinski definition) is 2. The zero-order valence-corrected chi connectivity index (χ0v) is 17.2. The summed E-state index contributed by atoms with van der Waals surface area (Å²) in [5.74, 6) is 0.662. The number of amides is 1. The second-order valence-corrected chi connectivity index (χ2v) is 9.63. The first kappa shape index (κ1) is 20.0. The van der Waals surface area contributed by atoms with E-state index in [-0.39, 0.29) is 22.7 Å². The number of nitrogens with zero attached hydrogens (tertiary/aromatic N) is 1. The van der Waals surface area contributed by atoms with Crippen molar-refractivity contribution >= 4 is 23.1 Å². The zero-order chi connectivity index (χ0) is 21.1. The van der Waals surface area contributed by atoms with Gasteiger partial charge in [0.05, 0.1) is 4.92 Å². The standard InChI is InChI=1S/C22H28N2O5/c1-21(2,27)20(26)23-17-8-6-12-13-10-11-22(3)16(7-9-18(22)25)14(13)4-5-15(12)19(17)24(28)29/h6,8,13-14,16,27H,4-5,7,9-11H2,1-3H3,(H,23,26)/t13-,14-,16+,22+/m1/s1. The van der Waals surface area contributed by atoms with Crippen LogP contribution in [0.15, 0.2) is 12.1 Å². The first-order valence-corrected chi connectivity index (χ1v) is 10.4. The third-order valence-electron chi connectivity index (χ3n) is 7.58. The van der Waals surface area contributed by atoms with Crippen LogP contribution in [0.25, 0.3) is 0 Å². The number of carbonyl (C=O) groups excluding carboxylic acids is 2. The molecule has 0 spiro atoms. The molecule has 0 aromatic heterocycles. The molecule has 2 N–H and O–H groups in total. The molecule has 4 atom stereocenters. The maximum Gasteiger partial charge on any atom is 0.296 e. The van der Waals surface area contributed by atoms with E-state index in [2.05, 4.69) is 12.2 Å². The molecule has 7 nitrogen and oxygen atoms in total. The monoisotopic (exact) mass is 400 g/mol. The van der Waals surface area contributed by atoms with Crippen LogP contribution < -0.4 is 5.32 Å². The van der Waals surface area contributed by atoms with Gasteiger partial charge in [0, 0.05) is 17.4 Å². The SMILES string of the molecule is CC(C)(O)C(=O)Nc1ccc2c(c1[N+](=O)[O-])CC[C@@H]1[C@@H]2CC[C@]2(C)C(=O)CC[C@@H]12. The maximum atomic E-state index is 12.5. The van der Waals surface area contributed by atoms with Crippen molar-refractivity contribution < 1.29 is 19.6 Å². The summed E-state index contributed by atoms with van der Waals surface area (Å²) < 4.78 is 0. The largest absolute Gasteiger partial charge is 0.381 e. The fourth-order valence-corrected chi connectivity index (χ4v) is 6.00. The zero-order valence-electron chi connectivity index (χ0n) is 17.2. The molecule has 3 aliphatic carbocycles. The van der Waals surface area contributed by atoms with Gasteiger partial charge in [0.2, 0.25) is 0 Å². The molecule has 156 valence electrons. The highest BCUT2D eigenvalue weighted by atomic mass is 16.6. The lowest BCUT2D eigenvalue weighted by Crippen LogP contribution is -2.42. The van der Waals surface area contributed by atoms with Crippen LogP contribution in [-0.4, -0.2) is 27.3 Å². The van der Waals surface area contributed by atoms with Crippen molar-refractivity contribution in [2.24, 2.45) is 17.3 Å². The van der Waals surface area contributed by atoms with Crippen LogP contribution in [0.3, 0.4) is 0 Å². The number of ketones is 1. The number of nitro groups is 1. The number of nitro benzene ring substituents is 1. The Bertz CT molecular complexity index is 903. The number of fused-ring (bicyclic) bond motifs is 5. The number of rotatable bonds is 3. The van der Waals surface area contributed by atoms with Gasteiger partial charge in [-0.1, -0.05) is 13.0 Å². The van der Waals surface area contributed by atoms with Gasteiger partial charge < -0.3 is 10.4 Å². The van der Waals surface area contributed by atoms with Gasteiger partial charge in [-0.3, -0.25) is 19.7 Å². The fourth-order valence-electron chi connectivity index (χ4n) is 6.00. The van der Waals surface area contributed by atoms with Crippen LogP contribution in [0, 0.1) is 27.4 Å². The molecular weight excluding hydrogens is 372 g/mol. The Morgan fingerprint density at radius 2 is 2.00 bits per heavy atom. The molecule has 1 amide bonds. The second kappa shape index (κ2) is 6.62. The lowest BCUT2D eigenvalue weighted by molar-refractivity contribution is -0.384. The van der Waals surface area contributed by atoms with Gasteiger partial charge in [0.1, 0.15) is 17.1 Å². The number of carbonyl (C=O) groups is 2. The van der Waals surface area contributed by atoms with Gasteiger partial charge in [-0.2, -0.15) is 0 Å². The van der Waals surface area contributed by atoms with Crippen molar-refractivity contribution in [2.45, 2.75) is 70.8 Å². The Kier molecular flexibility index (Phi) is 4.57. The van der Waals surface area contributed by atoms with E-state index >= 15 is 0 Å². The molecule has 0 radical (unpaired) electrons. The first-order chi connectivity index (χ1) is 13.5. The minimum absolute atomic E-state index is 0.0608. The normalized spacial score (nSPS) is 30.9. The molecule has 0 aliphatic heterocycles. The van der Waals surface area contributed by atoms with Gasteiger partial charge in [-0.25, -0.2) is 0 Å². The summed E-state index contributed by atoms with van der Waals surface area (Å²) in [6, 6.07) is 3.50. The van der Waals surface area contributed by atoms with Gasteiger partial charge >= 0.3 is 0 Å². The predicted molar refractivity (Wildman–Crippen MR) is 108 cm³/mol. The Morgan fingerprint density at radius 3 is 2.66 bits per heavy atom. The third kappa shape index (κ3) is 3.06. The lowest BCUT2D eigenvalue weighted by Gasteiger charge is -2.48. The van der Waals surface area contributed by atoms with E-state index in [1.165, 1.54) is 13.8 Å². The first-order valence-electron chi connectivity index (χ1n) is 10.4. The molecule has 4 rings (SSSR count). The molecular formula is C22H28N2O5. The number of anilines is 1. The molecule has 1 aromatic rings. The van der Waals surface area contributed by atoms with Crippen LogP contribution in [0.4, 0.5) is 11.4 Å². The molecule has 0 saturated heterocycles. The average molecular weight is 400 g/mol. The van der Waals surface area contributed by atoms with Crippen LogP contribution in [0.2, 0.25) is 0 Å². The maximum absolute atomic E-state index is 12.5. The van der Waals surface area contributed by atoms with Crippen LogP contribution in [-0.2, 0) is 16.0 Å². The summed E-state index contributed by atoms with van der Waals surface area (Å²) in [6.07, 6.45) is 4.67. The Morgan fingerprint density at radius 1 is 1.28 bits per heavy atom. The summed E-state index contributed by atoms with van der Waals surface area (Å²) in [7, 11) is 0. The highest BCUT2D eigenvalue weighted by molar-refractivity contribution is 5.98. The third-order valence-corrected chi connectivity index (χ3v) is 7.58. The van der Waals surface area contributed by atoms with Gasteiger partial charge in [0.15, 0.2) is 0 Å². The number of benzene rings is 1. The number of nitrogens with one attached hydrogen (secondary N) is 1. The smallest absolute Gasteiger partial charge is 0.296 e. The fraction of sp³-hybridized carbons (Fsp3) is 0.636. The molecule has 2 saturated carbocycles. The minimum atomic E-state index is -1.63. The van der Waals surface area contributed by atoms with E-state index in [9.17, 15) is 24.8 Å². The van der Waals surface area contributed by atoms with Crippen molar-refractivity contribution in [3.8, 4) is 0 Å². The molecule has 3 aliphatic rings. The molecule has 29 heavy (non-hydrogen) atoms. The molecule has 1 aromatic carbocycles. The van der Waals surface area contributed by atoms with Crippen LogP contribution in [0.1, 0.15) is 69.9 Å². The van der Waals surface area contributed by atoms with Gasteiger partial charge in [-0.05, 0) is 75.3 Å². The average Bonchev–Trinajstić information content (AvgIpc) is 2.95. The van der Waals surface area contributed by atoms with E-state index in [0.29, 0.717) is 36.0 Å². The van der Waals surface area contributed by atoms with Crippen molar-refractivity contribution in [1.29, 1.82) is 0 Å². The van der Waals surface area contributed by atoms with E-state index < -0.39 is 16.4 Å². The Labute approximate surface area is 170 Å². The van der Waals surface area contributed by atoms with Gasteiger partial charge in [0.25, 0.3) is 11.6 Å². The van der Waals surface area contributed by atoms with Crippen LogP contribution >= 0.6 is 0 Å². The molecule has 0 bridgehead atoms. The van der Waals surface area contributed by atoms with E-state index in [4.69, 9.17) is 0 Å². The van der Waals surface area contributed by atoms with Crippen LogP contribution in [0.5, 0.6) is 0 Å². The van der Waals surface area contributed by atoms with Crippen molar-refractivity contribution in [2.75, 3.05) is 5.32 Å². The van der Waals surface area contributed by atoms with Gasteiger partial charge in [-0.15, -0.1) is 0 Å². The Hall–Kier alpha value is -2.28. The van der Waals surface area contributed by atoms with Crippen molar-refractivity contribution in [1.82, 2.24) is 0 Å². The Balaban J connectivity index is 1.72. The summed E-state index contributed by atoms with van der Waals surface area (Å²) in [5.41, 5.74) is -0.0955. The van der Waals surface area contributed by atoms with E-state index in [0.717, 1.165) is 31.2 Å². The van der Waals surface area contributed by atoms with E-state index in [1.54, 1.807) is 6.07 Å². The van der Waals surface area contributed by atoms with Crippen molar-refractivity contribution in [3.05, 3.63) is 33.4 Å². The number of aliphatic hydroxyl groups is 1. The quantitative estimate of drug-likeness (QED) is 0.593. The molecule has 2 fully saturated rings.